The molecule has 7 heteroatoms. The maximum atomic E-state index is 14.3. The molecule has 124 valence electrons. The summed E-state index contributed by atoms with van der Waals surface area (Å²) in [5.74, 6) is -2.32. The predicted molar refractivity (Wildman–Crippen MR) is 86.3 cm³/mol. The lowest BCUT2D eigenvalue weighted by atomic mass is 10.2. The number of halogens is 2. The zero-order chi connectivity index (χ0) is 17.1. The number of benzene rings is 2. The first-order valence-electron chi connectivity index (χ1n) is 7.18. The smallest absolute Gasteiger partial charge is 0.210 e. The molecule has 1 heterocycles. The highest BCUT2D eigenvalue weighted by Crippen LogP contribution is 2.35. The second kappa shape index (κ2) is 6.66. The predicted octanol–water partition coefficient (Wildman–Crippen LogP) is 3.54. The molecule has 0 unspecified atom stereocenters. The van der Waals surface area contributed by atoms with Crippen molar-refractivity contribution in [3.63, 3.8) is 0 Å². The summed E-state index contributed by atoms with van der Waals surface area (Å²) in [7, 11) is 2.49. The summed E-state index contributed by atoms with van der Waals surface area (Å²) in [6, 6.07) is 8.68. The molecule has 0 fully saturated rings. The number of hydrogen-bond acceptors (Lipinski definition) is 5. The fourth-order valence-corrected chi connectivity index (χ4v) is 2.31. The monoisotopic (exact) mass is 331 g/mol. The Balaban J connectivity index is 1.87. The average molecular weight is 331 g/mol. The lowest BCUT2D eigenvalue weighted by Crippen LogP contribution is -2.07. The van der Waals surface area contributed by atoms with Crippen molar-refractivity contribution in [2.24, 2.45) is 0 Å². The summed E-state index contributed by atoms with van der Waals surface area (Å²) < 4.78 is 37.9. The number of rotatable bonds is 5. The van der Waals surface area contributed by atoms with E-state index in [1.807, 2.05) is 24.3 Å². The average Bonchev–Trinajstić information content (AvgIpc) is 2.61. The number of methoxy groups -OCH3 is 2. The molecule has 0 amide bonds. The van der Waals surface area contributed by atoms with Crippen molar-refractivity contribution in [3.05, 3.63) is 53.9 Å². The van der Waals surface area contributed by atoms with Crippen LogP contribution in [0.25, 0.3) is 11.0 Å². The topological polar surface area (TPSA) is 56.3 Å². The van der Waals surface area contributed by atoms with E-state index in [2.05, 4.69) is 15.3 Å². The molecule has 1 aromatic heterocycles. The fraction of sp³-hybridized carbons (Fsp3) is 0.176. The number of aromatic nitrogens is 2. The van der Waals surface area contributed by atoms with E-state index in [1.54, 1.807) is 6.20 Å². The Morgan fingerprint density at radius 2 is 1.79 bits per heavy atom. The molecule has 0 aliphatic carbocycles. The number of nitrogens with zero attached hydrogens (tertiary/aromatic N) is 2. The highest BCUT2D eigenvalue weighted by atomic mass is 19.1. The van der Waals surface area contributed by atoms with Crippen LogP contribution < -0.4 is 14.8 Å². The van der Waals surface area contributed by atoms with Gasteiger partial charge in [0.25, 0.3) is 0 Å². The van der Waals surface area contributed by atoms with Crippen LogP contribution in [0.1, 0.15) is 5.69 Å². The van der Waals surface area contributed by atoms with Gasteiger partial charge in [-0.2, -0.15) is 4.39 Å². The van der Waals surface area contributed by atoms with E-state index in [0.717, 1.165) is 11.0 Å². The molecule has 5 nitrogen and oxygen atoms in total. The molecule has 3 rings (SSSR count). The minimum absolute atomic E-state index is 0.0556. The first kappa shape index (κ1) is 15.9. The van der Waals surface area contributed by atoms with Crippen LogP contribution >= 0.6 is 0 Å². The molecule has 0 atom stereocenters. The zero-order valence-electron chi connectivity index (χ0n) is 13.1. The highest BCUT2D eigenvalue weighted by Gasteiger charge is 2.20. The Hall–Kier alpha value is -2.96. The van der Waals surface area contributed by atoms with Gasteiger partial charge in [0.1, 0.15) is 0 Å². The number of para-hydroxylation sites is 2. The first-order chi connectivity index (χ1) is 11.6. The minimum atomic E-state index is -0.881. The second-order valence-electron chi connectivity index (χ2n) is 4.99. The van der Waals surface area contributed by atoms with Gasteiger partial charge in [0.2, 0.25) is 5.82 Å². The van der Waals surface area contributed by atoms with E-state index < -0.39 is 17.4 Å². The van der Waals surface area contributed by atoms with Crippen LogP contribution in [-0.2, 0) is 6.54 Å². The van der Waals surface area contributed by atoms with Crippen molar-refractivity contribution in [2.45, 2.75) is 6.54 Å². The van der Waals surface area contributed by atoms with Crippen LogP contribution in [0.3, 0.4) is 0 Å². The standard InChI is InChI=1S/C17H15F2N3O2/c1-23-14-7-13(15(18)17(24-2)16(14)19)21-9-10-8-20-11-5-3-4-6-12(11)22-10/h3-8,21H,9H2,1-2H3. The number of fused-ring (bicyclic) bond motifs is 1. The Kier molecular flexibility index (Phi) is 4.41. The molecule has 0 saturated carbocycles. The van der Waals surface area contributed by atoms with Gasteiger partial charge in [0, 0.05) is 6.07 Å². The van der Waals surface area contributed by atoms with E-state index in [1.165, 1.54) is 20.3 Å². The zero-order valence-corrected chi connectivity index (χ0v) is 13.1. The van der Waals surface area contributed by atoms with Crippen molar-refractivity contribution < 1.29 is 18.3 Å². The maximum Gasteiger partial charge on any atom is 0.210 e. The molecular weight excluding hydrogens is 316 g/mol. The van der Waals surface area contributed by atoms with Gasteiger partial charge in [-0.05, 0) is 12.1 Å². The molecule has 0 spiro atoms. The SMILES string of the molecule is COc1cc(NCc2cnc3ccccc3n2)c(F)c(OC)c1F. The van der Waals surface area contributed by atoms with Crippen molar-refractivity contribution in [3.8, 4) is 11.5 Å². The van der Waals surface area contributed by atoms with Gasteiger partial charge < -0.3 is 14.8 Å². The number of nitrogens with one attached hydrogen (secondary N) is 1. The van der Waals surface area contributed by atoms with E-state index in [9.17, 15) is 8.78 Å². The largest absolute Gasteiger partial charge is 0.493 e. The van der Waals surface area contributed by atoms with Gasteiger partial charge in [0.05, 0.1) is 49.4 Å². The van der Waals surface area contributed by atoms with Crippen molar-refractivity contribution in [2.75, 3.05) is 19.5 Å². The Bertz CT molecular complexity index is 887. The van der Waals surface area contributed by atoms with Gasteiger partial charge in [0.15, 0.2) is 17.3 Å². The lowest BCUT2D eigenvalue weighted by Gasteiger charge is -2.13. The van der Waals surface area contributed by atoms with Gasteiger partial charge >= 0.3 is 0 Å². The summed E-state index contributed by atoms with van der Waals surface area (Å²) in [6.07, 6.45) is 1.60. The van der Waals surface area contributed by atoms with Crippen LogP contribution in [0.15, 0.2) is 36.5 Å². The molecule has 3 aromatic rings. The Morgan fingerprint density at radius 1 is 1.04 bits per heavy atom. The summed E-state index contributed by atoms with van der Waals surface area (Å²) in [4.78, 5) is 8.73. The Labute approximate surface area is 137 Å². The third-order valence-electron chi connectivity index (χ3n) is 3.51. The molecule has 0 saturated heterocycles. The van der Waals surface area contributed by atoms with E-state index in [4.69, 9.17) is 9.47 Å². The quantitative estimate of drug-likeness (QED) is 0.775. The summed E-state index contributed by atoms with van der Waals surface area (Å²) in [5.41, 5.74) is 2.19. The summed E-state index contributed by atoms with van der Waals surface area (Å²) in [6.45, 7) is 0.215. The fourth-order valence-electron chi connectivity index (χ4n) is 2.31. The van der Waals surface area contributed by atoms with Gasteiger partial charge in [-0.25, -0.2) is 9.37 Å². The third kappa shape index (κ3) is 2.92. The molecule has 0 radical (unpaired) electrons. The minimum Gasteiger partial charge on any atom is -0.493 e. The highest BCUT2D eigenvalue weighted by molar-refractivity contribution is 5.73. The second-order valence-corrected chi connectivity index (χ2v) is 4.99. The van der Waals surface area contributed by atoms with Crippen LogP contribution in [0.4, 0.5) is 14.5 Å². The molecular formula is C17H15F2N3O2. The van der Waals surface area contributed by atoms with E-state index in [-0.39, 0.29) is 18.0 Å². The van der Waals surface area contributed by atoms with Crippen LogP contribution in [-0.4, -0.2) is 24.2 Å². The summed E-state index contributed by atoms with van der Waals surface area (Å²) in [5, 5.41) is 2.87. The van der Waals surface area contributed by atoms with E-state index >= 15 is 0 Å². The van der Waals surface area contributed by atoms with Gasteiger partial charge in [-0.1, -0.05) is 12.1 Å². The molecule has 0 aliphatic heterocycles. The van der Waals surface area contributed by atoms with Crippen LogP contribution in [0.5, 0.6) is 11.5 Å². The molecule has 0 bridgehead atoms. The lowest BCUT2D eigenvalue weighted by molar-refractivity contribution is 0.334. The number of anilines is 1. The Morgan fingerprint density at radius 3 is 2.50 bits per heavy atom. The maximum absolute atomic E-state index is 14.3. The number of ether oxygens (including phenoxy) is 2. The molecule has 24 heavy (non-hydrogen) atoms. The third-order valence-corrected chi connectivity index (χ3v) is 3.51. The van der Waals surface area contributed by atoms with Crippen molar-refractivity contribution >= 4 is 16.7 Å². The molecule has 1 N–H and O–H groups in total. The van der Waals surface area contributed by atoms with Crippen molar-refractivity contribution in [1.29, 1.82) is 0 Å². The van der Waals surface area contributed by atoms with Crippen LogP contribution in [0, 0.1) is 11.6 Å². The van der Waals surface area contributed by atoms with Crippen LogP contribution in [0.2, 0.25) is 0 Å². The van der Waals surface area contributed by atoms with Gasteiger partial charge in [-0.3, -0.25) is 4.98 Å². The molecule has 2 aromatic carbocycles. The first-order valence-corrected chi connectivity index (χ1v) is 7.18. The number of hydrogen-bond donors (Lipinski definition) is 1. The van der Waals surface area contributed by atoms with Crippen molar-refractivity contribution in [1.82, 2.24) is 9.97 Å². The molecule has 0 aliphatic rings. The summed E-state index contributed by atoms with van der Waals surface area (Å²) >= 11 is 0. The normalized spacial score (nSPS) is 10.7. The van der Waals surface area contributed by atoms with Gasteiger partial charge in [-0.15, -0.1) is 0 Å². The van der Waals surface area contributed by atoms with E-state index in [0.29, 0.717) is 5.69 Å².